The summed E-state index contributed by atoms with van der Waals surface area (Å²) in [5.41, 5.74) is 2.80. The highest BCUT2D eigenvalue weighted by Crippen LogP contribution is 2.23. The highest BCUT2D eigenvalue weighted by molar-refractivity contribution is 6.09. The fraction of sp³-hybridized carbons (Fsp3) is 0.364. The van der Waals surface area contributed by atoms with Gasteiger partial charge in [0.25, 0.3) is 5.91 Å². The zero-order valence-electron chi connectivity index (χ0n) is 16.3. The molecule has 2 atom stereocenters. The van der Waals surface area contributed by atoms with E-state index in [1.54, 1.807) is 17.9 Å². The number of amides is 2. The maximum Gasteiger partial charge on any atom is 0.255 e. The zero-order valence-corrected chi connectivity index (χ0v) is 16.3. The lowest BCUT2D eigenvalue weighted by atomic mass is 10.1. The summed E-state index contributed by atoms with van der Waals surface area (Å²) in [6, 6.07) is 17.5. The maximum atomic E-state index is 11.7. The van der Waals surface area contributed by atoms with Crippen molar-refractivity contribution in [3.05, 3.63) is 65.7 Å². The molecule has 2 heterocycles. The molecule has 28 heavy (non-hydrogen) atoms. The molecule has 1 saturated heterocycles. The number of likely N-dealkylation sites (N-methyl/N-ethyl adjacent to an activating group) is 1. The molecule has 2 aromatic rings. The van der Waals surface area contributed by atoms with Crippen LogP contribution in [0.25, 0.3) is 0 Å². The maximum absolute atomic E-state index is 11.7. The number of nitrogens with zero attached hydrogens (tertiary/aromatic N) is 2. The van der Waals surface area contributed by atoms with Crippen LogP contribution in [-0.2, 0) is 4.79 Å². The number of likely N-dealkylation sites (tertiary alicyclic amines) is 1. The summed E-state index contributed by atoms with van der Waals surface area (Å²) in [7, 11) is 1.84. The Morgan fingerprint density at radius 2 is 2.00 bits per heavy atom. The lowest BCUT2D eigenvalue weighted by molar-refractivity contribution is -0.130. The predicted molar refractivity (Wildman–Crippen MR) is 109 cm³/mol. The topological polar surface area (TPSA) is 72.9 Å². The van der Waals surface area contributed by atoms with Gasteiger partial charge in [-0.2, -0.15) is 0 Å². The van der Waals surface area contributed by atoms with Crippen molar-refractivity contribution in [1.29, 1.82) is 0 Å². The molecule has 6 heteroatoms. The largest absolute Gasteiger partial charge is 0.392 e. The number of carbonyl (C=O) groups is 2. The van der Waals surface area contributed by atoms with Crippen molar-refractivity contribution in [2.24, 2.45) is 0 Å². The molecule has 2 aliphatic heterocycles. The van der Waals surface area contributed by atoms with E-state index in [1.807, 2.05) is 43.4 Å². The van der Waals surface area contributed by atoms with Gasteiger partial charge in [-0.25, -0.2) is 0 Å². The van der Waals surface area contributed by atoms with Crippen molar-refractivity contribution in [3.63, 3.8) is 0 Å². The van der Waals surface area contributed by atoms with Crippen LogP contribution in [0, 0.1) is 0 Å². The number of rotatable bonds is 4. The molecule has 148 valence electrons. The quantitative estimate of drug-likeness (QED) is 0.854. The summed E-state index contributed by atoms with van der Waals surface area (Å²) in [4.78, 5) is 26.4. The average molecular weight is 381 g/mol. The van der Waals surface area contributed by atoms with E-state index in [0.29, 0.717) is 6.54 Å². The normalized spacial score (nSPS) is 18.8. The van der Waals surface area contributed by atoms with Crippen LogP contribution in [-0.4, -0.2) is 59.5 Å². The van der Waals surface area contributed by atoms with E-state index in [-0.39, 0.29) is 24.0 Å². The number of carbonyl (C=O) groups excluding carboxylic acids is 2. The number of anilines is 1. The Labute approximate surface area is 165 Å². The van der Waals surface area contributed by atoms with Crippen molar-refractivity contribution in [3.8, 4) is 0 Å². The number of β-amino-alcohol motifs (C(OH)–C–C–N with tert-alkyl or cyclic N) is 1. The molecule has 0 aliphatic carbocycles. The number of benzene rings is 2. The van der Waals surface area contributed by atoms with Crippen LogP contribution in [0.3, 0.4) is 0 Å². The molecule has 6 nitrogen and oxygen atoms in total. The van der Waals surface area contributed by atoms with E-state index in [1.165, 1.54) is 0 Å². The summed E-state index contributed by atoms with van der Waals surface area (Å²) < 4.78 is 0. The summed E-state index contributed by atoms with van der Waals surface area (Å²) in [5.74, 6) is 0.0728. The van der Waals surface area contributed by atoms with Crippen LogP contribution in [0.2, 0.25) is 0 Å². The molecule has 0 radical (unpaired) electrons. The van der Waals surface area contributed by atoms with Crippen LogP contribution >= 0.6 is 0 Å². The first-order valence-corrected chi connectivity index (χ1v) is 9.54. The number of aliphatic hydroxyl groups is 1. The smallest absolute Gasteiger partial charge is 0.255 e. The lowest BCUT2D eigenvalue weighted by Gasteiger charge is -2.31. The summed E-state index contributed by atoms with van der Waals surface area (Å²) in [6.45, 7) is 3.97. The zero-order chi connectivity index (χ0) is 20.1. The van der Waals surface area contributed by atoms with Gasteiger partial charge in [-0.3, -0.25) is 14.5 Å². The first kappa shape index (κ1) is 20.0. The molecule has 2 N–H and O–H groups in total. The molecule has 2 amide bonds. The third-order valence-electron chi connectivity index (χ3n) is 5.21. The first-order chi connectivity index (χ1) is 13.4. The van der Waals surface area contributed by atoms with Gasteiger partial charge in [-0.05, 0) is 30.2 Å². The van der Waals surface area contributed by atoms with Crippen LogP contribution in [0.15, 0.2) is 54.6 Å². The molecule has 2 aromatic carbocycles. The highest BCUT2D eigenvalue weighted by atomic mass is 16.3. The molecule has 2 bridgehead atoms. The molecular formula is C22H27N3O3. The first-order valence-electron chi connectivity index (χ1n) is 9.54. The summed E-state index contributed by atoms with van der Waals surface area (Å²) in [6.07, 6.45) is 0.602. The van der Waals surface area contributed by atoms with Gasteiger partial charge in [-0.15, -0.1) is 0 Å². The SMILES string of the molecule is CC(=O)N(C)C(CN1CCC(O)C1)c1ccccc1.O=C1Nc2cccc1c2. The minimum absolute atomic E-state index is 0.00926. The van der Waals surface area contributed by atoms with Crippen LogP contribution in [0.5, 0.6) is 0 Å². The molecular weight excluding hydrogens is 354 g/mol. The van der Waals surface area contributed by atoms with Gasteiger partial charge in [0.15, 0.2) is 0 Å². The number of nitrogens with one attached hydrogen (secondary N) is 1. The third kappa shape index (κ3) is 4.97. The second-order valence-corrected chi connectivity index (χ2v) is 7.29. The van der Waals surface area contributed by atoms with E-state index in [9.17, 15) is 14.7 Å². The number of hydrogen-bond acceptors (Lipinski definition) is 4. The Hall–Kier alpha value is -2.70. The Kier molecular flexibility index (Phi) is 6.44. The van der Waals surface area contributed by atoms with E-state index < -0.39 is 0 Å². The Morgan fingerprint density at radius 1 is 1.25 bits per heavy atom. The second-order valence-electron chi connectivity index (χ2n) is 7.29. The third-order valence-corrected chi connectivity index (χ3v) is 5.21. The standard InChI is InChI=1S/C15H22N2O2.C7H5NO/c1-12(18)16(2)15(13-6-4-3-5-7-13)11-17-9-8-14(19)10-17;9-7-5-2-1-3-6(4-5)8-7/h3-7,14-15,19H,8-11H2,1-2H3;1-4H,(H,8,9). The minimum atomic E-state index is -0.223. The molecule has 0 spiro atoms. The minimum Gasteiger partial charge on any atom is -0.392 e. The van der Waals surface area contributed by atoms with Crippen LogP contribution < -0.4 is 5.32 Å². The van der Waals surface area contributed by atoms with Gasteiger partial charge < -0.3 is 15.3 Å². The number of hydrogen-bond donors (Lipinski definition) is 2. The highest BCUT2D eigenvalue weighted by Gasteiger charge is 2.26. The molecule has 2 aliphatic rings. The molecule has 4 rings (SSSR count). The number of aliphatic hydroxyl groups excluding tert-OH is 1. The van der Waals surface area contributed by atoms with Gasteiger partial charge in [0.05, 0.1) is 12.1 Å². The van der Waals surface area contributed by atoms with Gasteiger partial charge >= 0.3 is 0 Å². The predicted octanol–water partition coefficient (Wildman–Crippen LogP) is 2.52. The van der Waals surface area contributed by atoms with E-state index >= 15 is 0 Å². The Morgan fingerprint density at radius 3 is 2.57 bits per heavy atom. The number of fused-ring (bicyclic) bond motifs is 2. The van der Waals surface area contributed by atoms with E-state index in [2.05, 4.69) is 22.3 Å². The second kappa shape index (κ2) is 8.99. The summed E-state index contributed by atoms with van der Waals surface area (Å²) >= 11 is 0. The molecule has 0 saturated carbocycles. The van der Waals surface area contributed by atoms with Gasteiger partial charge in [0.2, 0.25) is 5.91 Å². The molecule has 2 unspecified atom stereocenters. The van der Waals surface area contributed by atoms with E-state index in [0.717, 1.165) is 36.3 Å². The Balaban J connectivity index is 0.000000206. The fourth-order valence-electron chi connectivity index (χ4n) is 3.51. The van der Waals surface area contributed by atoms with Crippen molar-refractivity contribution >= 4 is 17.5 Å². The van der Waals surface area contributed by atoms with Crippen molar-refractivity contribution in [2.75, 3.05) is 32.0 Å². The van der Waals surface area contributed by atoms with Gasteiger partial charge in [-0.1, -0.05) is 36.4 Å². The van der Waals surface area contributed by atoms with Crippen LogP contribution in [0.4, 0.5) is 5.69 Å². The Bertz CT molecular complexity index is 825. The van der Waals surface area contributed by atoms with Gasteiger partial charge in [0.1, 0.15) is 0 Å². The lowest BCUT2D eigenvalue weighted by Crippen LogP contribution is -2.38. The monoisotopic (exact) mass is 381 g/mol. The fourth-order valence-corrected chi connectivity index (χ4v) is 3.51. The van der Waals surface area contributed by atoms with Crippen molar-refractivity contribution in [2.45, 2.75) is 25.5 Å². The molecule has 0 aromatic heterocycles. The van der Waals surface area contributed by atoms with E-state index in [4.69, 9.17) is 0 Å². The molecule has 1 fully saturated rings. The van der Waals surface area contributed by atoms with Gasteiger partial charge in [0, 0.05) is 44.9 Å². The van der Waals surface area contributed by atoms with Crippen molar-refractivity contribution < 1.29 is 14.7 Å². The van der Waals surface area contributed by atoms with Crippen molar-refractivity contribution in [1.82, 2.24) is 9.80 Å². The summed E-state index contributed by atoms with van der Waals surface area (Å²) in [5, 5.41) is 12.3. The average Bonchev–Trinajstić information content (AvgIpc) is 3.22. The van der Waals surface area contributed by atoms with Crippen LogP contribution in [0.1, 0.15) is 35.3 Å².